The Morgan fingerprint density at radius 3 is 2.43 bits per heavy atom. The van der Waals surface area contributed by atoms with E-state index in [1.807, 2.05) is 0 Å². The maximum absolute atomic E-state index is 11.9. The summed E-state index contributed by atoms with van der Waals surface area (Å²) >= 11 is 0. The highest BCUT2D eigenvalue weighted by molar-refractivity contribution is 5.90. The van der Waals surface area contributed by atoms with Gasteiger partial charge < -0.3 is 39.7 Å². The molecule has 10 nitrogen and oxygen atoms in total. The molecule has 5 N–H and O–H groups in total. The standard InChI is InChI=1S/C18H26O10/c1-3-8(20)5-10-9(4-2)17(26-7-11(10)16(24)25)28-18-15(23)14(22)13(21)12(6-19)27-18/h4,7,10,12-15,17-19,21-23H,3,5-6H2,1-2H3,(H,24,25)/b9-4+/t10-,12+,13+,14-,15+,17-,18-/m0/s1. The van der Waals surface area contributed by atoms with E-state index in [0.29, 0.717) is 5.57 Å². The first-order valence-electron chi connectivity index (χ1n) is 8.97. The van der Waals surface area contributed by atoms with Gasteiger partial charge in [-0.05, 0) is 6.92 Å². The Hall–Kier alpha value is -1.82. The molecule has 7 atom stereocenters. The van der Waals surface area contributed by atoms with E-state index in [4.69, 9.17) is 14.2 Å². The summed E-state index contributed by atoms with van der Waals surface area (Å²) < 4.78 is 16.2. The lowest BCUT2D eigenvalue weighted by Crippen LogP contribution is -2.60. The molecule has 158 valence electrons. The molecule has 0 aromatic heterocycles. The van der Waals surface area contributed by atoms with E-state index < -0.39 is 55.5 Å². The molecule has 0 amide bonds. The van der Waals surface area contributed by atoms with Crippen molar-refractivity contribution in [3.05, 3.63) is 23.5 Å². The molecular weight excluding hydrogens is 376 g/mol. The fourth-order valence-corrected chi connectivity index (χ4v) is 3.19. The molecule has 1 fully saturated rings. The van der Waals surface area contributed by atoms with Gasteiger partial charge in [-0.2, -0.15) is 0 Å². The minimum absolute atomic E-state index is 0.0633. The van der Waals surface area contributed by atoms with Crippen LogP contribution in [-0.2, 0) is 23.8 Å². The molecule has 0 aliphatic carbocycles. The van der Waals surface area contributed by atoms with Crippen LogP contribution in [0.5, 0.6) is 0 Å². The van der Waals surface area contributed by atoms with Crippen LogP contribution >= 0.6 is 0 Å². The van der Waals surface area contributed by atoms with Crippen molar-refractivity contribution in [1.29, 1.82) is 0 Å². The molecule has 0 bridgehead atoms. The Morgan fingerprint density at radius 1 is 1.21 bits per heavy atom. The predicted octanol–water partition coefficient (Wildman–Crippen LogP) is -0.941. The Bertz CT molecular complexity index is 640. The van der Waals surface area contributed by atoms with Crippen molar-refractivity contribution in [3.8, 4) is 0 Å². The summed E-state index contributed by atoms with van der Waals surface area (Å²) in [6.07, 6.45) is -5.91. The normalized spacial score (nSPS) is 37.3. The van der Waals surface area contributed by atoms with E-state index in [1.54, 1.807) is 19.9 Å². The number of aliphatic hydroxyl groups is 4. The van der Waals surface area contributed by atoms with Gasteiger partial charge >= 0.3 is 5.97 Å². The first kappa shape index (κ1) is 22.5. The average molecular weight is 402 g/mol. The monoisotopic (exact) mass is 402 g/mol. The number of carboxylic acid groups (broad SMARTS) is 1. The maximum Gasteiger partial charge on any atom is 0.335 e. The van der Waals surface area contributed by atoms with Gasteiger partial charge in [0, 0.05) is 24.3 Å². The number of ketones is 1. The van der Waals surface area contributed by atoms with Gasteiger partial charge in [0.15, 0.2) is 6.29 Å². The highest BCUT2D eigenvalue weighted by Gasteiger charge is 2.46. The van der Waals surface area contributed by atoms with E-state index in [-0.39, 0.29) is 24.2 Å². The first-order valence-corrected chi connectivity index (χ1v) is 8.97. The third-order valence-electron chi connectivity index (χ3n) is 4.88. The number of allylic oxidation sites excluding steroid dienone is 1. The Kier molecular flexibility index (Phi) is 7.70. The molecule has 10 heteroatoms. The second-order valence-electron chi connectivity index (χ2n) is 6.62. The summed E-state index contributed by atoms with van der Waals surface area (Å²) in [5.74, 6) is -2.18. The smallest absolute Gasteiger partial charge is 0.335 e. The minimum atomic E-state index is -1.64. The van der Waals surface area contributed by atoms with Gasteiger partial charge in [-0.1, -0.05) is 13.0 Å². The molecular formula is C18H26O10. The van der Waals surface area contributed by atoms with E-state index in [0.717, 1.165) is 6.26 Å². The van der Waals surface area contributed by atoms with E-state index in [1.165, 1.54) is 0 Å². The predicted molar refractivity (Wildman–Crippen MR) is 92.6 cm³/mol. The number of carbonyl (C=O) groups is 2. The van der Waals surface area contributed by atoms with E-state index in [2.05, 4.69) is 0 Å². The van der Waals surface area contributed by atoms with Crippen LogP contribution < -0.4 is 0 Å². The number of aliphatic carboxylic acids is 1. The number of Topliss-reactive ketones (excluding diaryl/α,β-unsaturated/α-hetero) is 1. The lowest BCUT2D eigenvalue weighted by molar-refractivity contribution is -0.327. The van der Waals surface area contributed by atoms with Crippen LogP contribution in [0.3, 0.4) is 0 Å². The van der Waals surface area contributed by atoms with Gasteiger partial charge in [0.2, 0.25) is 6.29 Å². The van der Waals surface area contributed by atoms with E-state index in [9.17, 15) is 35.1 Å². The van der Waals surface area contributed by atoms with Crippen molar-refractivity contribution in [1.82, 2.24) is 0 Å². The molecule has 0 aromatic carbocycles. The summed E-state index contributed by atoms with van der Waals surface area (Å²) in [4.78, 5) is 23.5. The number of carbonyl (C=O) groups excluding carboxylic acids is 1. The fourth-order valence-electron chi connectivity index (χ4n) is 3.19. The number of ether oxygens (including phenoxy) is 3. The molecule has 0 aromatic rings. The second-order valence-corrected chi connectivity index (χ2v) is 6.62. The van der Waals surface area contributed by atoms with Crippen LogP contribution in [0.2, 0.25) is 0 Å². The molecule has 2 aliphatic rings. The van der Waals surface area contributed by atoms with Gasteiger partial charge in [-0.3, -0.25) is 4.79 Å². The third-order valence-corrected chi connectivity index (χ3v) is 4.88. The largest absolute Gasteiger partial charge is 0.478 e. The summed E-state index contributed by atoms with van der Waals surface area (Å²) in [6, 6.07) is 0. The number of hydrogen-bond acceptors (Lipinski definition) is 9. The molecule has 2 rings (SSSR count). The van der Waals surface area contributed by atoms with Crippen molar-refractivity contribution in [2.24, 2.45) is 5.92 Å². The van der Waals surface area contributed by atoms with Crippen molar-refractivity contribution >= 4 is 11.8 Å². The molecule has 0 saturated carbocycles. The zero-order chi connectivity index (χ0) is 21.0. The first-order chi connectivity index (χ1) is 13.2. The quantitative estimate of drug-likeness (QED) is 0.336. The van der Waals surface area contributed by atoms with Crippen LogP contribution in [0.4, 0.5) is 0 Å². The van der Waals surface area contributed by atoms with Crippen LogP contribution in [0, 0.1) is 5.92 Å². The molecule has 1 saturated heterocycles. The van der Waals surface area contributed by atoms with Crippen LogP contribution in [0.1, 0.15) is 26.7 Å². The summed E-state index contributed by atoms with van der Waals surface area (Å²) in [7, 11) is 0. The van der Waals surface area contributed by atoms with Gasteiger partial charge in [-0.25, -0.2) is 4.79 Å². The lowest BCUT2D eigenvalue weighted by atomic mass is 9.84. The maximum atomic E-state index is 11.9. The number of hydrogen-bond donors (Lipinski definition) is 5. The number of carboxylic acids is 1. The molecule has 28 heavy (non-hydrogen) atoms. The second kappa shape index (κ2) is 9.59. The van der Waals surface area contributed by atoms with Gasteiger partial charge in [0.25, 0.3) is 0 Å². The molecule has 0 radical (unpaired) electrons. The average Bonchev–Trinajstić information content (AvgIpc) is 2.68. The zero-order valence-corrected chi connectivity index (χ0v) is 15.6. The third kappa shape index (κ3) is 4.59. The van der Waals surface area contributed by atoms with Crippen molar-refractivity contribution in [2.45, 2.75) is 63.7 Å². The molecule has 0 spiro atoms. The van der Waals surface area contributed by atoms with Crippen molar-refractivity contribution in [3.63, 3.8) is 0 Å². The van der Waals surface area contributed by atoms with E-state index >= 15 is 0 Å². The summed E-state index contributed by atoms with van der Waals surface area (Å²) in [5, 5.41) is 48.5. The molecule has 0 unspecified atom stereocenters. The summed E-state index contributed by atoms with van der Waals surface area (Å²) in [6.45, 7) is 2.67. The Balaban J connectivity index is 2.25. The topological polar surface area (TPSA) is 163 Å². The minimum Gasteiger partial charge on any atom is -0.478 e. The summed E-state index contributed by atoms with van der Waals surface area (Å²) in [5.41, 5.74) is 0.238. The molecule has 2 heterocycles. The van der Waals surface area contributed by atoms with Crippen LogP contribution in [0.15, 0.2) is 23.5 Å². The van der Waals surface area contributed by atoms with Crippen LogP contribution in [-0.4, -0.2) is 80.9 Å². The van der Waals surface area contributed by atoms with Crippen molar-refractivity contribution < 1.29 is 49.3 Å². The van der Waals surface area contributed by atoms with Gasteiger partial charge in [0.1, 0.15) is 30.2 Å². The highest BCUT2D eigenvalue weighted by Crippen LogP contribution is 2.35. The van der Waals surface area contributed by atoms with Crippen LogP contribution in [0.25, 0.3) is 0 Å². The van der Waals surface area contributed by atoms with Gasteiger partial charge in [0.05, 0.1) is 18.4 Å². The Morgan fingerprint density at radius 2 is 1.89 bits per heavy atom. The fraction of sp³-hybridized carbons (Fsp3) is 0.667. The SMILES string of the molecule is C/C=C1/[C@H](O[C@@H]2O[C@H](CO)[C@@H](O)[C@H](O)[C@H]2O)OC=C(C(=O)O)[C@H]1CC(=O)CC. The lowest BCUT2D eigenvalue weighted by Gasteiger charge is -2.41. The molecule has 2 aliphatic heterocycles. The highest BCUT2D eigenvalue weighted by atomic mass is 16.8. The Labute approximate surface area is 161 Å². The number of aliphatic hydroxyl groups excluding tert-OH is 4. The zero-order valence-electron chi connectivity index (χ0n) is 15.6. The van der Waals surface area contributed by atoms with Crippen molar-refractivity contribution in [2.75, 3.05) is 6.61 Å². The number of rotatable bonds is 7. The van der Waals surface area contributed by atoms with Gasteiger partial charge in [-0.15, -0.1) is 0 Å².